The van der Waals surface area contributed by atoms with Gasteiger partial charge < -0.3 is 5.32 Å². The topological polar surface area (TPSA) is 32.3 Å². The van der Waals surface area contributed by atoms with E-state index >= 15 is 0 Å². The third kappa shape index (κ3) is 5.13. The van der Waals surface area contributed by atoms with Gasteiger partial charge in [-0.2, -0.15) is 0 Å². The summed E-state index contributed by atoms with van der Waals surface area (Å²) < 4.78 is 0. The molecule has 22 heavy (non-hydrogen) atoms. The first-order chi connectivity index (χ1) is 10.6. The molecular formula is C19H30N2O. The van der Waals surface area contributed by atoms with Crippen LogP contribution in [-0.4, -0.2) is 29.9 Å². The highest BCUT2D eigenvalue weighted by Crippen LogP contribution is 2.18. The van der Waals surface area contributed by atoms with Gasteiger partial charge in [0, 0.05) is 24.7 Å². The summed E-state index contributed by atoms with van der Waals surface area (Å²) in [4.78, 5) is 14.7. The van der Waals surface area contributed by atoms with Crippen LogP contribution < -0.4 is 5.32 Å². The number of hydrogen-bond acceptors (Lipinski definition) is 2. The molecule has 0 aliphatic carbocycles. The monoisotopic (exact) mass is 302 g/mol. The molecule has 1 aliphatic rings. The van der Waals surface area contributed by atoms with Gasteiger partial charge in [-0.25, -0.2) is 0 Å². The van der Waals surface area contributed by atoms with Crippen LogP contribution in [0.1, 0.15) is 62.4 Å². The third-order valence-corrected chi connectivity index (χ3v) is 4.46. The average Bonchev–Trinajstić information content (AvgIpc) is 2.48. The van der Waals surface area contributed by atoms with Crippen molar-refractivity contribution in [3.63, 3.8) is 0 Å². The van der Waals surface area contributed by atoms with Crippen molar-refractivity contribution in [3.05, 3.63) is 35.4 Å². The van der Waals surface area contributed by atoms with Crippen LogP contribution in [0.3, 0.4) is 0 Å². The fourth-order valence-corrected chi connectivity index (χ4v) is 3.26. The minimum atomic E-state index is 0.0408. The van der Waals surface area contributed by atoms with Gasteiger partial charge in [-0.05, 0) is 56.3 Å². The van der Waals surface area contributed by atoms with Crippen molar-refractivity contribution in [1.29, 1.82) is 0 Å². The zero-order chi connectivity index (χ0) is 15.9. The van der Waals surface area contributed by atoms with Gasteiger partial charge in [0.1, 0.15) is 0 Å². The lowest BCUT2D eigenvalue weighted by Gasteiger charge is -2.30. The number of carbonyl (C=O) groups excluding carboxylic acids is 1. The molecule has 0 aromatic heterocycles. The molecule has 1 aliphatic heterocycles. The first-order valence-electron chi connectivity index (χ1n) is 8.70. The molecule has 3 nitrogen and oxygen atoms in total. The number of amides is 1. The Hall–Kier alpha value is -1.35. The number of likely N-dealkylation sites (tertiary alicyclic amines) is 1. The molecule has 0 unspecified atom stereocenters. The number of benzene rings is 1. The molecule has 0 bridgehead atoms. The second-order valence-corrected chi connectivity index (χ2v) is 6.84. The van der Waals surface area contributed by atoms with Gasteiger partial charge in [-0.1, -0.05) is 32.4 Å². The highest BCUT2D eigenvalue weighted by molar-refractivity contribution is 5.94. The molecule has 2 rings (SSSR count). The molecule has 2 atom stereocenters. The van der Waals surface area contributed by atoms with E-state index in [1.165, 1.54) is 31.5 Å². The second kappa shape index (κ2) is 8.33. The standard InChI is InChI=1S/C19H30N2O/c1-4-6-16(3)20-19(22)18-10-8-17(9-11-18)14-21-12-5-7-15(2)13-21/h8-11,15-16H,4-7,12-14H2,1-3H3,(H,20,22)/t15-,16-/m1/s1. The number of piperidine rings is 1. The number of hydrogen-bond donors (Lipinski definition) is 1. The van der Waals surface area contributed by atoms with Gasteiger partial charge in [0.05, 0.1) is 0 Å². The second-order valence-electron chi connectivity index (χ2n) is 6.84. The van der Waals surface area contributed by atoms with E-state index in [0.29, 0.717) is 0 Å². The van der Waals surface area contributed by atoms with Crippen molar-refractivity contribution >= 4 is 5.91 Å². The number of carbonyl (C=O) groups is 1. The molecule has 1 amide bonds. The van der Waals surface area contributed by atoms with Crippen molar-refractivity contribution < 1.29 is 4.79 Å². The number of nitrogens with one attached hydrogen (secondary N) is 1. The smallest absolute Gasteiger partial charge is 0.251 e. The molecule has 1 aromatic rings. The van der Waals surface area contributed by atoms with Gasteiger partial charge in [0.2, 0.25) is 0 Å². The maximum absolute atomic E-state index is 12.2. The highest BCUT2D eigenvalue weighted by Gasteiger charge is 2.16. The fourth-order valence-electron chi connectivity index (χ4n) is 3.26. The molecule has 1 aromatic carbocycles. The Kier molecular flexibility index (Phi) is 6.44. The normalized spacial score (nSPS) is 20.6. The summed E-state index contributed by atoms with van der Waals surface area (Å²) in [6, 6.07) is 8.34. The van der Waals surface area contributed by atoms with E-state index < -0.39 is 0 Å². The molecule has 1 fully saturated rings. The van der Waals surface area contributed by atoms with Crippen LogP contribution >= 0.6 is 0 Å². The van der Waals surface area contributed by atoms with Gasteiger partial charge in [0.15, 0.2) is 0 Å². The Morgan fingerprint density at radius 1 is 1.36 bits per heavy atom. The summed E-state index contributed by atoms with van der Waals surface area (Å²) in [5.74, 6) is 0.845. The summed E-state index contributed by atoms with van der Waals surface area (Å²) in [7, 11) is 0. The van der Waals surface area contributed by atoms with Crippen molar-refractivity contribution in [2.24, 2.45) is 5.92 Å². The van der Waals surface area contributed by atoms with Gasteiger partial charge in [-0.15, -0.1) is 0 Å². The van der Waals surface area contributed by atoms with E-state index in [9.17, 15) is 4.79 Å². The average molecular weight is 302 g/mol. The van der Waals surface area contributed by atoms with Crippen LogP contribution in [0.4, 0.5) is 0 Å². The van der Waals surface area contributed by atoms with Gasteiger partial charge in [0.25, 0.3) is 5.91 Å². The van der Waals surface area contributed by atoms with Crippen LogP contribution in [0.2, 0.25) is 0 Å². The first-order valence-corrected chi connectivity index (χ1v) is 8.70. The van der Waals surface area contributed by atoms with E-state index in [1.807, 2.05) is 12.1 Å². The molecule has 1 N–H and O–H groups in total. The first kappa shape index (κ1) is 17.0. The van der Waals surface area contributed by atoms with E-state index in [0.717, 1.165) is 30.9 Å². The molecule has 0 radical (unpaired) electrons. The predicted molar refractivity (Wildman–Crippen MR) is 92.0 cm³/mol. The molecule has 3 heteroatoms. The number of nitrogens with zero attached hydrogens (tertiary/aromatic N) is 1. The maximum atomic E-state index is 12.2. The Morgan fingerprint density at radius 2 is 2.09 bits per heavy atom. The minimum absolute atomic E-state index is 0.0408. The Balaban J connectivity index is 1.88. The maximum Gasteiger partial charge on any atom is 0.251 e. The summed E-state index contributed by atoms with van der Waals surface area (Å²) in [6.45, 7) is 9.92. The van der Waals surface area contributed by atoms with Crippen molar-refractivity contribution in [2.75, 3.05) is 13.1 Å². The SMILES string of the molecule is CCC[C@@H](C)NC(=O)c1ccc(CN2CCC[C@@H](C)C2)cc1. The molecule has 0 saturated carbocycles. The molecule has 1 saturated heterocycles. The largest absolute Gasteiger partial charge is 0.350 e. The van der Waals surface area contributed by atoms with Crippen LogP contribution in [-0.2, 0) is 6.54 Å². The van der Waals surface area contributed by atoms with Gasteiger partial charge in [-0.3, -0.25) is 9.69 Å². The van der Waals surface area contributed by atoms with Crippen molar-refractivity contribution in [1.82, 2.24) is 10.2 Å². The van der Waals surface area contributed by atoms with Crippen LogP contribution in [0, 0.1) is 5.92 Å². The van der Waals surface area contributed by atoms with Crippen molar-refractivity contribution in [3.8, 4) is 0 Å². The summed E-state index contributed by atoms with van der Waals surface area (Å²) in [6.07, 6.45) is 4.77. The predicted octanol–water partition coefficient (Wildman–Crippen LogP) is 3.84. The summed E-state index contributed by atoms with van der Waals surface area (Å²) in [5.41, 5.74) is 2.06. The lowest BCUT2D eigenvalue weighted by Crippen LogP contribution is -2.34. The highest BCUT2D eigenvalue weighted by atomic mass is 16.1. The van der Waals surface area contributed by atoms with Crippen molar-refractivity contribution in [2.45, 2.75) is 59.0 Å². The molecular weight excluding hydrogens is 272 g/mol. The zero-order valence-corrected chi connectivity index (χ0v) is 14.3. The Bertz CT molecular complexity index is 469. The quantitative estimate of drug-likeness (QED) is 0.866. The Labute approximate surface area is 135 Å². The molecule has 122 valence electrons. The minimum Gasteiger partial charge on any atom is -0.350 e. The molecule has 0 spiro atoms. The van der Waals surface area contributed by atoms with E-state index in [2.05, 4.69) is 43.1 Å². The lowest BCUT2D eigenvalue weighted by atomic mass is 9.99. The van der Waals surface area contributed by atoms with E-state index in [4.69, 9.17) is 0 Å². The third-order valence-electron chi connectivity index (χ3n) is 4.46. The van der Waals surface area contributed by atoms with E-state index in [-0.39, 0.29) is 11.9 Å². The number of rotatable bonds is 6. The van der Waals surface area contributed by atoms with Crippen LogP contribution in [0.15, 0.2) is 24.3 Å². The summed E-state index contributed by atoms with van der Waals surface area (Å²) in [5, 5.41) is 3.05. The fraction of sp³-hybridized carbons (Fsp3) is 0.632. The zero-order valence-electron chi connectivity index (χ0n) is 14.3. The molecule has 1 heterocycles. The Morgan fingerprint density at radius 3 is 2.73 bits per heavy atom. The van der Waals surface area contributed by atoms with Gasteiger partial charge >= 0.3 is 0 Å². The van der Waals surface area contributed by atoms with Crippen LogP contribution in [0.5, 0.6) is 0 Å². The summed E-state index contributed by atoms with van der Waals surface area (Å²) >= 11 is 0. The lowest BCUT2D eigenvalue weighted by molar-refractivity contribution is 0.0938. The van der Waals surface area contributed by atoms with Crippen LogP contribution in [0.25, 0.3) is 0 Å². The van der Waals surface area contributed by atoms with E-state index in [1.54, 1.807) is 0 Å².